The summed E-state index contributed by atoms with van der Waals surface area (Å²) in [7, 11) is -0.0556. The van der Waals surface area contributed by atoms with Crippen LogP contribution in [0, 0.1) is 0 Å². The van der Waals surface area contributed by atoms with Gasteiger partial charge < -0.3 is 9.90 Å². The smallest absolute Gasteiger partial charge is 0.147 e. The van der Waals surface area contributed by atoms with Gasteiger partial charge in [0.05, 0.1) is 11.8 Å². The van der Waals surface area contributed by atoms with Crippen LogP contribution < -0.4 is 5.11 Å². The Morgan fingerprint density at radius 1 is 1.70 bits per heavy atom. The molecule has 0 amide bonds. The second-order valence-corrected chi connectivity index (χ2v) is 4.69. The molecule has 4 heteroatoms. The van der Waals surface area contributed by atoms with Gasteiger partial charge in [-0.15, -0.1) is 11.6 Å². The van der Waals surface area contributed by atoms with Crippen molar-refractivity contribution in [3.63, 3.8) is 0 Å². The highest BCUT2D eigenvalue weighted by Crippen LogP contribution is 1.96. The highest BCUT2D eigenvalue weighted by molar-refractivity contribution is 7.97. The van der Waals surface area contributed by atoms with Crippen LogP contribution in [-0.4, -0.2) is 29.1 Å². The molecule has 0 bridgehead atoms. The van der Waals surface area contributed by atoms with Crippen LogP contribution >= 0.6 is 11.6 Å². The first-order valence-corrected chi connectivity index (χ1v) is 5.37. The van der Waals surface area contributed by atoms with Crippen molar-refractivity contribution in [2.45, 2.75) is 6.92 Å². The summed E-state index contributed by atoms with van der Waals surface area (Å²) in [6.45, 7) is 1.97. The second-order valence-electron chi connectivity index (χ2n) is 1.81. The number of hydrogen-bond donors (Lipinski definition) is 0. The lowest BCUT2D eigenvalue weighted by molar-refractivity contribution is -0.301. The van der Waals surface area contributed by atoms with Crippen LogP contribution in [0.15, 0.2) is 0 Å². The van der Waals surface area contributed by atoms with Crippen molar-refractivity contribution in [3.8, 4) is 0 Å². The lowest BCUT2D eigenvalue weighted by Crippen LogP contribution is -2.33. The van der Waals surface area contributed by atoms with Gasteiger partial charge in [-0.25, -0.2) is 0 Å². The standard InChI is InChI=1S/C6H11ClO2S/c1-2-10(4-3-7)5-6(8)9/h2-5H2,1H3. The van der Waals surface area contributed by atoms with E-state index in [2.05, 4.69) is 0 Å². The van der Waals surface area contributed by atoms with Crippen molar-refractivity contribution in [3.05, 3.63) is 0 Å². The molecule has 0 aromatic heterocycles. The first-order valence-electron chi connectivity index (χ1n) is 3.10. The zero-order valence-electron chi connectivity index (χ0n) is 5.93. The maximum Gasteiger partial charge on any atom is 0.147 e. The summed E-state index contributed by atoms with van der Waals surface area (Å²) in [5.41, 5.74) is 0. The highest BCUT2D eigenvalue weighted by atomic mass is 35.5. The zero-order chi connectivity index (χ0) is 7.98. The average Bonchev–Trinajstić information content (AvgIpc) is 1.86. The number of hydrogen-bond acceptors (Lipinski definition) is 2. The topological polar surface area (TPSA) is 40.1 Å². The number of carboxylic acid groups (broad SMARTS) is 1. The zero-order valence-corrected chi connectivity index (χ0v) is 7.50. The predicted molar refractivity (Wildman–Crippen MR) is 43.4 cm³/mol. The molecule has 0 radical (unpaired) electrons. The first kappa shape index (κ1) is 10.1. The third kappa shape index (κ3) is 4.94. The van der Waals surface area contributed by atoms with Crippen LogP contribution in [-0.2, 0) is 15.7 Å². The van der Waals surface area contributed by atoms with Crippen molar-refractivity contribution >= 4 is 28.5 Å². The Labute approximate surface area is 68.9 Å². The van der Waals surface area contributed by atoms with Gasteiger partial charge in [0.1, 0.15) is 17.3 Å². The van der Waals surface area contributed by atoms with Crippen LogP contribution in [0.3, 0.4) is 0 Å². The van der Waals surface area contributed by atoms with Crippen LogP contribution in [0.4, 0.5) is 0 Å². The number of alkyl halides is 1. The quantitative estimate of drug-likeness (QED) is 0.430. The molecule has 0 fully saturated rings. The van der Waals surface area contributed by atoms with E-state index in [0.29, 0.717) is 5.88 Å². The molecule has 0 aliphatic heterocycles. The fraction of sp³-hybridized carbons (Fsp3) is 0.833. The first-order chi connectivity index (χ1) is 4.70. The van der Waals surface area contributed by atoms with E-state index in [1.165, 1.54) is 0 Å². The molecule has 0 saturated carbocycles. The minimum Gasteiger partial charge on any atom is -0.545 e. The lowest BCUT2D eigenvalue weighted by Gasteiger charge is -2.04. The summed E-state index contributed by atoms with van der Waals surface area (Å²) in [6.07, 6.45) is 0. The van der Waals surface area contributed by atoms with E-state index in [0.717, 1.165) is 11.5 Å². The molecule has 0 spiro atoms. The molecule has 0 saturated heterocycles. The van der Waals surface area contributed by atoms with E-state index in [4.69, 9.17) is 11.6 Å². The fourth-order valence-corrected chi connectivity index (χ4v) is 2.44. The maximum absolute atomic E-state index is 10.1. The van der Waals surface area contributed by atoms with E-state index in [1.54, 1.807) is 0 Å². The van der Waals surface area contributed by atoms with Gasteiger partial charge in [-0.3, -0.25) is 0 Å². The molecular weight excluding hydrogens is 172 g/mol. The van der Waals surface area contributed by atoms with E-state index in [1.807, 2.05) is 6.92 Å². The minimum absolute atomic E-state index is 0.0556. The van der Waals surface area contributed by atoms with Gasteiger partial charge in [0.25, 0.3) is 0 Å². The molecule has 2 nitrogen and oxygen atoms in total. The maximum atomic E-state index is 10.1. The molecule has 0 aromatic rings. The molecule has 0 rings (SSSR count). The van der Waals surface area contributed by atoms with Crippen LogP contribution in [0.2, 0.25) is 0 Å². The molecule has 60 valence electrons. The Bertz CT molecular complexity index is 108. The molecule has 0 heterocycles. The summed E-state index contributed by atoms with van der Waals surface area (Å²) in [4.78, 5) is 10.1. The molecule has 0 N–H and O–H groups in total. The van der Waals surface area contributed by atoms with Crippen molar-refractivity contribution in [1.82, 2.24) is 0 Å². The van der Waals surface area contributed by atoms with Gasteiger partial charge in [-0.1, -0.05) is 0 Å². The normalized spacial score (nSPS) is 13.0. The molecule has 0 aliphatic carbocycles. The summed E-state index contributed by atoms with van der Waals surface area (Å²) in [5, 5.41) is 10.1. The molecule has 0 aliphatic rings. The summed E-state index contributed by atoms with van der Waals surface area (Å²) in [6, 6.07) is 0. The van der Waals surface area contributed by atoms with Crippen molar-refractivity contribution in [2.24, 2.45) is 0 Å². The molecule has 1 atom stereocenters. The summed E-state index contributed by atoms with van der Waals surface area (Å²) >= 11 is 5.45. The van der Waals surface area contributed by atoms with Gasteiger partial charge in [0.2, 0.25) is 0 Å². The summed E-state index contributed by atoms with van der Waals surface area (Å²) in [5.74, 6) is 1.44. The van der Waals surface area contributed by atoms with Gasteiger partial charge >= 0.3 is 0 Å². The molecule has 0 aromatic carbocycles. The van der Waals surface area contributed by atoms with Crippen molar-refractivity contribution < 1.29 is 9.90 Å². The lowest BCUT2D eigenvalue weighted by atomic mass is 10.8. The number of rotatable bonds is 5. The number of carbonyl (C=O) groups is 1. The van der Waals surface area contributed by atoms with E-state index in [9.17, 15) is 9.90 Å². The van der Waals surface area contributed by atoms with Crippen molar-refractivity contribution in [1.29, 1.82) is 0 Å². The Morgan fingerprint density at radius 2 is 2.30 bits per heavy atom. The fourth-order valence-electron chi connectivity index (χ4n) is 0.594. The van der Waals surface area contributed by atoms with E-state index < -0.39 is 5.97 Å². The van der Waals surface area contributed by atoms with Gasteiger partial charge in [-0.2, -0.15) is 0 Å². The van der Waals surface area contributed by atoms with Gasteiger partial charge in [0.15, 0.2) is 0 Å². The Kier molecular flexibility index (Phi) is 5.93. The van der Waals surface area contributed by atoms with Crippen molar-refractivity contribution in [2.75, 3.05) is 23.1 Å². The number of halogens is 1. The molecule has 1 unspecified atom stereocenters. The molecular formula is C6H11ClO2S. The number of carboxylic acids is 1. The third-order valence-electron chi connectivity index (χ3n) is 1.10. The number of aliphatic carboxylic acids is 1. The number of carbonyl (C=O) groups excluding carboxylic acids is 1. The Balaban J connectivity index is 3.49. The Morgan fingerprint density at radius 3 is 2.60 bits per heavy atom. The highest BCUT2D eigenvalue weighted by Gasteiger charge is 2.13. The van der Waals surface area contributed by atoms with E-state index >= 15 is 0 Å². The minimum atomic E-state index is -0.963. The SMILES string of the molecule is CC[S+](CCCl)CC(=O)[O-]. The Hall–Kier alpha value is 0.110. The largest absolute Gasteiger partial charge is 0.545 e. The van der Waals surface area contributed by atoms with E-state index in [-0.39, 0.29) is 16.6 Å². The average molecular weight is 183 g/mol. The van der Waals surface area contributed by atoms with Gasteiger partial charge in [0, 0.05) is 0 Å². The second kappa shape index (κ2) is 5.86. The van der Waals surface area contributed by atoms with Crippen LogP contribution in [0.25, 0.3) is 0 Å². The third-order valence-corrected chi connectivity index (χ3v) is 3.75. The van der Waals surface area contributed by atoms with Crippen LogP contribution in [0.5, 0.6) is 0 Å². The van der Waals surface area contributed by atoms with Gasteiger partial charge in [-0.05, 0) is 17.8 Å². The molecule has 10 heavy (non-hydrogen) atoms. The monoisotopic (exact) mass is 182 g/mol. The predicted octanol–water partition coefficient (Wildman–Crippen LogP) is -0.387. The van der Waals surface area contributed by atoms with Crippen LogP contribution in [0.1, 0.15) is 6.92 Å². The summed E-state index contributed by atoms with van der Waals surface area (Å²) < 4.78 is 0.